The van der Waals surface area contributed by atoms with E-state index in [1.165, 1.54) is 0 Å². The first kappa shape index (κ1) is 16.0. The molecule has 0 aromatic heterocycles. The Bertz CT molecular complexity index is 443. The molecule has 0 saturated carbocycles. The summed E-state index contributed by atoms with van der Waals surface area (Å²) in [6.45, 7) is 10.6. The molecule has 0 aliphatic rings. The number of nitrogen functional groups attached to an aromatic ring is 1. The van der Waals surface area contributed by atoms with Crippen molar-refractivity contribution in [2.45, 2.75) is 52.7 Å². The third-order valence-electron chi connectivity index (χ3n) is 3.78. The highest BCUT2D eigenvalue weighted by atomic mass is 16.5. The first-order valence-electron chi connectivity index (χ1n) is 6.40. The molecule has 0 bridgehead atoms. The largest absolute Gasteiger partial charge is 0.491 e. The third kappa shape index (κ3) is 3.50. The van der Waals surface area contributed by atoms with Crippen LogP contribution in [0.2, 0.25) is 0 Å². The molecule has 0 unspecified atom stereocenters. The maximum atomic E-state index is 10.2. The molecule has 19 heavy (non-hydrogen) atoms. The molecule has 1 aromatic rings. The molecule has 0 fully saturated rings. The molecule has 4 nitrogen and oxygen atoms in total. The van der Waals surface area contributed by atoms with Crippen LogP contribution in [0.5, 0.6) is 0 Å². The molecule has 5 heteroatoms. The summed E-state index contributed by atoms with van der Waals surface area (Å²) in [5.41, 5.74) is 7.11. The van der Waals surface area contributed by atoms with Gasteiger partial charge in [0.15, 0.2) is 0 Å². The van der Waals surface area contributed by atoms with Crippen molar-refractivity contribution in [2.24, 2.45) is 0 Å². The predicted octanol–water partition coefficient (Wildman–Crippen LogP) is 1.14. The molecule has 4 N–H and O–H groups in total. The van der Waals surface area contributed by atoms with E-state index in [4.69, 9.17) is 10.4 Å². The lowest BCUT2D eigenvalue weighted by Crippen LogP contribution is -2.53. The smallest absolute Gasteiger partial charge is 0.423 e. The van der Waals surface area contributed by atoms with Gasteiger partial charge in [-0.15, -0.1) is 0 Å². The molecule has 1 rings (SSSR count). The summed E-state index contributed by atoms with van der Waals surface area (Å²) in [7, 11) is -1.10. The van der Waals surface area contributed by atoms with Gasteiger partial charge < -0.3 is 20.5 Å². The van der Waals surface area contributed by atoms with Crippen LogP contribution in [0.1, 0.15) is 38.8 Å². The lowest BCUT2D eigenvalue weighted by atomic mass is 9.75. The molecule has 0 aliphatic carbocycles. The van der Waals surface area contributed by atoms with Gasteiger partial charge in [0.25, 0.3) is 0 Å². The molecular formula is C14H24BNO3. The fourth-order valence-electron chi connectivity index (χ4n) is 1.64. The van der Waals surface area contributed by atoms with E-state index in [-0.39, 0.29) is 0 Å². The maximum absolute atomic E-state index is 10.2. The Kier molecular flexibility index (Phi) is 4.35. The number of hydrogen-bond acceptors (Lipinski definition) is 4. The fourth-order valence-corrected chi connectivity index (χ4v) is 1.64. The summed E-state index contributed by atoms with van der Waals surface area (Å²) >= 11 is 0. The fraction of sp³-hybridized carbons (Fsp3) is 0.571. The second kappa shape index (κ2) is 5.15. The zero-order valence-electron chi connectivity index (χ0n) is 12.6. The van der Waals surface area contributed by atoms with Crippen LogP contribution >= 0.6 is 0 Å². The summed E-state index contributed by atoms with van der Waals surface area (Å²) in [4.78, 5) is 0. The zero-order chi connectivity index (χ0) is 15.0. The van der Waals surface area contributed by atoms with E-state index in [1.54, 1.807) is 39.8 Å². The highest BCUT2D eigenvalue weighted by molar-refractivity contribution is 6.60. The van der Waals surface area contributed by atoms with E-state index in [2.05, 4.69) is 0 Å². The van der Waals surface area contributed by atoms with Crippen molar-refractivity contribution in [1.29, 1.82) is 0 Å². The van der Waals surface area contributed by atoms with Crippen LogP contribution in [-0.4, -0.2) is 28.5 Å². The molecule has 0 saturated heterocycles. The van der Waals surface area contributed by atoms with E-state index in [1.807, 2.05) is 13.8 Å². The van der Waals surface area contributed by atoms with Gasteiger partial charge >= 0.3 is 7.12 Å². The second-order valence-electron chi connectivity index (χ2n) is 6.11. The Labute approximate surface area is 115 Å². The molecule has 0 heterocycles. The Morgan fingerprint density at radius 2 is 1.53 bits per heavy atom. The molecule has 0 radical (unpaired) electrons. The molecule has 0 aliphatic heterocycles. The number of nitrogens with two attached hydrogens (primary N) is 1. The lowest BCUT2D eigenvalue weighted by molar-refractivity contribution is -0.0982. The highest BCUT2D eigenvalue weighted by Gasteiger charge is 2.39. The average molecular weight is 265 g/mol. The summed E-state index contributed by atoms with van der Waals surface area (Å²) < 4.78 is 5.60. The molecule has 0 amide bonds. The van der Waals surface area contributed by atoms with Gasteiger partial charge in [-0.3, -0.25) is 0 Å². The Morgan fingerprint density at radius 1 is 1.11 bits per heavy atom. The van der Waals surface area contributed by atoms with Crippen LogP contribution in [0.4, 0.5) is 5.69 Å². The Balaban J connectivity index is 3.00. The third-order valence-corrected chi connectivity index (χ3v) is 3.78. The van der Waals surface area contributed by atoms with Crippen LogP contribution in [0.25, 0.3) is 0 Å². The van der Waals surface area contributed by atoms with E-state index in [0.29, 0.717) is 5.46 Å². The van der Waals surface area contributed by atoms with Crippen LogP contribution in [-0.2, 0) is 4.65 Å². The van der Waals surface area contributed by atoms with E-state index < -0.39 is 18.3 Å². The van der Waals surface area contributed by atoms with Crippen molar-refractivity contribution < 1.29 is 14.8 Å². The zero-order valence-corrected chi connectivity index (χ0v) is 12.6. The number of benzene rings is 1. The highest BCUT2D eigenvalue weighted by Crippen LogP contribution is 2.25. The Morgan fingerprint density at radius 3 is 1.89 bits per heavy atom. The van der Waals surface area contributed by atoms with Crippen LogP contribution in [0.15, 0.2) is 12.1 Å². The number of aryl methyl sites for hydroxylation is 2. The van der Waals surface area contributed by atoms with Gasteiger partial charge in [0.1, 0.15) is 0 Å². The molecule has 0 spiro atoms. The average Bonchev–Trinajstić information content (AvgIpc) is 2.22. The number of hydrogen-bond donors (Lipinski definition) is 3. The Hall–Kier alpha value is -1.04. The van der Waals surface area contributed by atoms with Gasteiger partial charge in [-0.2, -0.15) is 0 Å². The quantitative estimate of drug-likeness (QED) is 0.563. The van der Waals surface area contributed by atoms with Gasteiger partial charge in [-0.1, -0.05) is 12.1 Å². The minimum atomic E-state index is -1.10. The van der Waals surface area contributed by atoms with Gasteiger partial charge in [0.2, 0.25) is 0 Å². The lowest BCUT2D eigenvalue weighted by Gasteiger charge is -2.38. The van der Waals surface area contributed by atoms with Gasteiger partial charge in [0.05, 0.1) is 11.2 Å². The summed E-state index contributed by atoms with van der Waals surface area (Å²) in [6.07, 6.45) is 0. The van der Waals surface area contributed by atoms with Gasteiger partial charge in [-0.05, 0) is 58.1 Å². The number of anilines is 1. The standard InChI is InChI=1S/C14H24BNO3/c1-9-7-11(8-10(2)12(9)16)15(18)19-14(5,6)13(3,4)17/h7-8,17-18H,16H2,1-6H3. The SMILES string of the molecule is Cc1cc(B(O)OC(C)(C)C(C)(C)O)cc(C)c1N. The van der Waals surface area contributed by atoms with Gasteiger partial charge in [0, 0.05) is 5.69 Å². The summed E-state index contributed by atoms with van der Waals surface area (Å²) in [5, 5.41) is 20.2. The normalized spacial score (nSPS) is 12.6. The topological polar surface area (TPSA) is 75.7 Å². The van der Waals surface area contributed by atoms with E-state index in [9.17, 15) is 10.1 Å². The van der Waals surface area contributed by atoms with Crippen LogP contribution < -0.4 is 11.2 Å². The van der Waals surface area contributed by atoms with E-state index >= 15 is 0 Å². The first-order chi connectivity index (χ1) is 8.45. The molecule has 0 atom stereocenters. The number of rotatable bonds is 4. The maximum Gasteiger partial charge on any atom is 0.491 e. The van der Waals surface area contributed by atoms with Crippen molar-refractivity contribution in [2.75, 3.05) is 5.73 Å². The van der Waals surface area contributed by atoms with E-state index in [0.717, 1.165) is 16.8 Å². The predicted molar refractivity (Wildman–Crippen MR) is 79.4 cm³/mol. The van der Waals surface area contributed by atoms with Gasteiger partial charge in [-0.25, -0.2) is 0 Å². The van der Waals surface area contributed by atoms with Crippen molar-refractivity contribution >= 4 is 18.3 Å². The second-order valence-corrected chi connectivity index (χ2v) is 6.11. The first-order valence-corrected chi connectivity index (χ1v) is 6.40. The van der Waals surface area contributed by atoms with Crippen molar-refractivity contribution in [3.63, 3.8) is 0 Å². The minimum absolute atomic E-state index is 0.640. The number of aliphatic hydroxyl groups is 1. The molecule has 106 valence electrons. The van der Waals surface area contributed by atoms with Crippen LogP contribution in [0.3, 0.4) is 0 Å². The molecule has 1 aromatic carbocycles. The van der Waals surface area contributed by atoms with Crippen molar-refractivity contribution in [1.82, 2.24) is 0 Å². The molecular weight excluding hydrogens is 241 g/mol. The van der Waals surface area contributed by atoms with Crippen LogP contribution in [0, 0.1) is 13.8 Å². The van der Waals surface area contributed by atoms with Crippen molar-refractivity contribution in [3.05, 3.63) is 23.3 Å². The summed E-state index contributed by atoms with van der Waals surface area (Å²) in [5.74, 6) is 0. The monoisotopic (exact) mass is 265 g/mol. The minimum Gasteiger partial charge on any atom is -0.423 e. The summed E-state index contributed by atoms with van der Waals surface area (Å²) in [6, 6.07) is 3.60. The van der Waals surface area contributed by atoms with Crippen molar-refractivity contribution in [3.8, 4) is 0 Å².